The molecule has 6 heteroatoms. The molecule has 0 aliphatic heterocycles. The highest BCUT2D eigenvalue weighted by Crippen LogP contribution is 2.30. The average Bonchev–Trinajstić information content (AvgIpc) is 2.62. The van der Waals surface area contributed by atoms with Crippen LogP contribution in [0.15, 0.2) is 59.5 Å². The summed E-state index contributed by atoms with van der Waals surface area (Å²) in [4.78, 5) is 16.7. The van der Waals surface area contributed by atoms with Crippen LogP contribution in [0.2, 0.25) is 0 Å². The van der Waals surface area contributed by atoms with Gasteiger partial charge in [-0.25, -0.2) is 4.39 Å². The van der Waals surface area contributed by atoms with Crippen molar-refractivity contribution in [2.24, 2.45) is 0 Å². The Labute approximate surface area is 144 Å². The number of pyridine rings is 2. The number of hydrogen-bond donors (Lipinski definition) is 0. The molecule has 0 N–H and O–H groups in total. The number of halogens is 1. The Balaban J connectivity index is 2.20. The Kier molecular flexibility index (Phi) is 4.90. The predicted molar refractivity (Wildman–Crippen MR) is 92.5 cm³/mol. The molecule has 0 bridgehead atoms. The molecule has 0 aliphatic rings. The second kappa shape index (κ2) is 7.27. The zero-order chi connectivity index (χ0) is 17.8. The van der Waals surface area contributed by atoms with E-state index in [1.165, 1.54) is 23.8 Å². The summed E-state index contributed by atoms with van der Waals surface area (Å²) < 4.78 is 26.0. The molecule has 0 radical (unpaired) electrons. The lowest BCUT2D eigenvalue weighted by atomic mass is 10.1. The first-order valence-electron chi connectivity index (χ1n) is 7.68. The third kappa shape index (κ3) is 3.29. The molecule has 0 saturated carbocycles. The van der Waals surface area contributed by atoms with E-state index in [0.717, 1.165) is 0 Å². The maximum Gasteiger partial charge on any atom is 0.255 e. The van der Waals surface area contributed by atoms with Crippen LogP contribution >= 0.6 is 0 Å². The van der Waals surface area contributed by atoms with Gasteiger partial charge in [-0.3, -0.25) is 14.3 Å². The van der Waals surface area contributed by atoms with Crippen LogP contribution in [0.25, 0.3) is 16.9 Å². The van der Waals surface area contributed by atoms with E-state index >= 15 is 0 Å². The van der Waals surface area contributed by atoms with Crippen molar-refractivity contribution in [1.29, 1.82) is 0 Å². The smallest absolute Gasteiger partial charge is 0.255 e. The van der Waals surface area contributed by atoms with Crippen molar-refractivity contribution < 1.29 is 13.9 Å². The molecule has 0 amide bonds. The highest BCUT2D eigenvalue weighted by atomic mass is 19.1. The molecule has 0 fully saturated rings. The van der Waals surface area contributed by atoms with Crippen molar-refractivity contribution >= 4 is 0 Å². The normalized spacial score (nSPS) is 10.7. The Morgan fingerprint density at radius 1 is 1.12 bits per heavy atom. The van der Waals surface area contributed by atoms with E-state index in [1.54, 1.807) is 49.5 Å². The summed E-state index contributed by atoms with van der Waals surface area (Å²) in [5.41, 5.74) is 1.68. The van der Waals surface area contributed by atoms with Crippen LogP contribution in [0.4, 0.5) is 4.39 Å². The van der Waals surface area contributed by atoms with Crippen molar-refractivity contribution in [3.8, 4) is 22.7 Å². The Bertz CT molecular complexity index is 953. The van der Waals surface area contributed by atoms with Crippen molar-refractivity contribution in [2.75, 3.05) is 13.9 Å². The second-order valence-electron chi connectivity index (χ2n) is 5.36. The van der Waals surface area contributed by atoms with Gasteiger partial charge in [0.25, 0.3) is 5.56 Å². The van der Waals surface area contributed by atoms with Crippen molar-refractivity contribution in [3.05, 3.63) is 76.6 Å². The molecule has 2 heterocycles. The highest BCUT2D eigenvalue weighted by molar-refractivity contribution is 5.68. The van der Waals surface area contributed by atoms with E-state index < -0.39 is 5.82 Å². The molecule has 2 aromatic heterocycles. The SMILES string of the molecule is COCOc1cccnc1-c1ccc(=O)n(-c2ccccc2F)c1C. The van der Waals surface area contributed by atoms with E-state index in [2.05, 4.69) is 4.98 Å². The number of para-hydroxylation sites is 1. The molecule has 0 saturated heterocycles. The van der Waals surface area contributed by atoms with Crippen LogP contribution in [0.3, 0.4) is 0 Å². The Morgan fingerprint density at radius 2 is 1.92 bits per heavy atom. The van der Waals surface area contributed by atoms with E-state index in [4.69, 9.17) is 9.47 Å². The summed E-state index contributed by atoms with van der Waals surface area (Å²) in [7, 11) is 1.53. The van der Waals surface area contributed by atoms with Gasteiger partial charge >= 0.3 is 0 Å². The van der Waals surface area contributed by atoms with Crippen LogP contribution in [0.1, 0.15) is 5.69 Å². The molecule has 0 atom stereocenters. The number of benzene rings is 1. The topological polar surface area (TPSA) is 53.4 Å². The van der Waals surface area contributed by atoms with Gasteiger partial charge in [0, 0.05) is 30.6 Å². The molecule has 1 aromatic carbocycles. The molecule has 3 aromatic rings. The molecule has 0 aliphatic carbocycles. The maximum absolute atomic E-state index is 14.2. The van der Waals surface area contributed by atoms with Gasteiger partial charge in [0.15, 0.2) is 6.79 Å². The van der Waals surface area contributed by atoms with E-state index in [9.17, 15) is 9.18 Å². The van der Waals surface area contributed by atoms with E-state index in [1.807, 2.05) is 0 Å². The van der Waals surface area contributed by atoms with Gasteiger partial charge < -0.3 is 9.47 Å². The molecule has 128 valence electrons. The number of nitrogens with zero attached hydrogens (tertiary/aromatic N) is 2. The first kappa shape index (κ1) is 16.9. The predicted octanol–water partition coefficient (Wildman–Crippen LogP) is 3.33. The fourth-order valence-electron chi connectivity index (χ4n) is 2.65. The van der Waals surface area contributed by atoms with Crippen LogP contribution in [0, 0.1) is 12.7 Å². The van der Waals surface area contributed by atoms with Gasteiger partial charge in [-0.1, -0.05) is 12.1 Å². The fourth-order valence-corrected chi connectivity index (χ4v) is 2.65. The lowest BCUT2D eigenvalue weighted by Crippen LogP contribution is -2.21. The standard InChI is InChI=1S/C19H17FN2O3/c1-13-14(19-17(25-12-24-2)8-5-11-21-19)9-10-18(23)22(13)16-7-4-3-6-15(16)20/h3-11H,12H2,1-2H3. The minimum absolute atomic E-state index is 0.0741. The minimum Gasteiger partial charge on any atom is -0.465 e. The fraction of sp³-hybridized carbons (Fsp3) is 0.158. The maximum atomic E-state index is 14.2. The largest absolute Gasteiger partial charge is 0.465 e. The van der Waals surface area contributed by atoms with Gasteiger partial charge in [0.2, 0.25) is 0 Å². The summed E-state index contributed by atoms with van der Waals surface area (Å²) in [6.07, 6.45) is 1.63. The van der Waals surface area contributed by atoms with Crippen molar-refractivity contribution in [3.63, 3.8) is 0 Å². The third-order valence-electron chi connectivity index (χ3n) is 3.79. The minimum atomic E-state index is -0.471. The molecule has 25 heavy (non-hydrogen) atoms. The molecule has 3 rings (SSSR count). The van der Waals surface area contributed by atoms with Gasteiger partial charge in [-0.2, -0.15) is 0 Å². The summed E-state index contributed by atoms with van der Waals surface area (Å²) >= 11 is 0. The van der Waals surface area contributed by atoms with Gasteiger partial charge in [0.1, 0.15) is 17.3 Å². The van der Waals surface area contributed by atoms with Gasteiger partial charge in [0.05, 0.1) is 5.69 Å². The zero-order valence-electron chi connectivity index (χ0n) is 13.9. The van der Waals surface area contributed by atoms with E-state index in [-0.39, 0.29) is 18.0 Å². The molecular formula is C19H17FN2O3. The lowest BCUT2D eigenvalue weighted by molar-refractivity contribution is 0.0513. The molecule has 0 unspecified atom stereocenters. The summed E-state index contributed by atoms with van der Waals surface area (Å²) in [6.45, 7) is 1.82. The van der Waals surface area contributed by atoms with Crippen molar-refractivity contribution in [2.45, 2.75) is 6.92 Å². The Hall–Kier alpha value is -2.99. The van der Waals surface area contributed by atoms with Crippen LogP contribution in [-0.4, -0.2) is 23.5 Å². The van der Waals surface area contributed by atoms with Gasteiger partial charge in [-0.05, 0) is 37.3 Å². The average molecular weight is 340 g/mol. The highest BCUT2D eigenvalue weighted by Gasteiger charge is 2.16. The summed E-state index contributed by atoms with van der Waals surface area (Å²) in [5, 5.41) is 0. The lowest BCUT2D eigenvalue weighted by Gasteiger charge is -2.16. The van der Waals surface area contributed by atoms with Crippen LogP contribution in [0.5, 0.6) is 5.75 Å². The molecular weight excluding hydrogens is 323 g/mol. The monoisotopic (exact) mass is 340 g/mol. The zero-order valence-corrected chi connectivity index (χ0v) is 13.9. The number of hydrogen-bond acceptors (Lipinski definition) is 4. The number of rotatable bonds is 5. The number of aromatic nitrogens is 2. The van der Waals surface area contributed by atoms with Gasteiger partial charge in [-0.15, -0.1) is 0 Å². The number of ether oxygens (including phenoxy) is 2. The molecule has 5 nitrogen and oxygen atoms in total. The first-order chi connectivity index (χ1) is 12.1. The summed E-state index contributed by atoms with van der Waals surface area (Å²) in [6, 6.07) is 12.7. The van der Waals surface area contributed by atoms with Crippen LogP contribution in [-0.2, 0) is 4.74 Å². The first-order valence-corrected chi connectivity index (χ1v) is 7.68. The van der Waals surface area contributed by atoms with E-state index in [0.29, 0.717) is 22.7 Å². The van der Waals surface area contributed by atoms with Crippen LogP contribution < -0.4 is 10.3 Å². The quantitative estimate of drug-likeness (QED) is 0.669. The molecule has 0 spiro atoms. The summed E-state index contributed by atoms with van der Waals surface area (Å²) in [5.74, 6) is 0.0490. The number of methoxy groups -OCH3 is 1. The van der Waals surface area contributed by atoms with Crippen molar-refractivity contribution in [1.82, 2.24) is 9.55 Å². The second-order valence-corrected chi connectivity index (χ2v) is 5.36. The third-order valence-corrected chi connectivity index (χ3v) is 3.79. The Morgan fingerprint density at radius 3 is 2.68 bits per heavy atom.